The SMILES string of the molecule is Cn1cc(C#N)c(NC(=O)c2cccc(F)n2)n1. The first kappa shape index (κ1) is 11.7. The van der Waals surface area contributed by atoms with Gasteiger partial charge in [0.2, 0.25) is 5.95 Å². The predicted octanol–water partition coefficient (Wildman–Crippen LogP) is 1.08. The Hall–Kier alpha value is -2.75. The Morgan fingerprint density at radius 3 is 3.00 bits per heavy atom. The molecule has 0 radical (unpaired) electrons. The average Bonchev–Trinajstić information content (AvgIpc) is 2.69. The number of rotatable bonds is 2. The van der Waals surface area contributed by atoms with Gasteiger partial charge in [0.05, 0.1) is 0 Å². The third-order valence-electron chi connectivity index (χ3n) is 2.13. The van der Waals surface area contributed by atoms with Crippen molar-refractivity contribution in [2.45, 2.75) is 0 Å². The van der Waals surface area contributed by atoms with Crippen molar-refractivity contribution in [1.82, 2.24) is 14.8 Å². The molecule has 0 spiro atoms. The van der Waals surface area contributed by atoms with E-state index in [1.54, 1.807) is 7.05 Å². The van der Waals surface area contributed by atoms with Crippen LogP contribution in [0.15, 0.2) is 24.4 Å². The highest BCUT2D eigenvalue weighted by atomic mass is 19.1. The lowest BCUT2D eigenvalue weighted by atomic mass is 10.3. The van der Waals surface area contributed by atoms with Crippen LogP contribution in [0.2, 0.25) is 0 Å². The number of nitriles is 1. The lowest BCUT2D eigenvalue weighted by Gasteiger charge is -2.01. The van der Waals surface area contributed by atoms with Crippen LogP contribution in [-0.2, 0) is 7.05 Å². The van der Waals surface area contributed by atoms with Gasteiger partial charge < -0.3 is 5.32 Å². The van der Waals surface area contributed by atoms with Crippen molar-refractivity contribution in [3.8, 4) is 6.07 Å². The van der Waals surface area contributed by atoms with Crippen molar-refractivity contribution in [2.75, 3.05) is 5.32 Å². The van der Waals surface area contributed by atoms with Gasteiger partial charge in [0.15, 0.2) is 5.82 Å². The van der Waals surface area contributed by atoms with Gasteiger partial charge in [0.25, 0.3) is 5.91 Å². The molecule has 0 aromatic carbocycles. The molecule has 2 aromatic heterocycles. The Morgan fingerprint density at radius 1 is 1.56 bits per heavy atom. The van der Waals surface area contributed by atoms with Crippen molar-refractivity contribution < 1.29 is 9.18 Å². The fourth-order valence-corrected chi connectivity index (χ4v) is 1.37. The summed E-state index contributed by atoms with van der Waals surface area (Å²) in [6, 6.07) is 5.77. The van der Waals surface area contributed by atoms with Crippen LogP contribution in [0.25, 0.3) is 0 Å². The van der Waals surface area contributed by atoms with Gasteiger partial charge in [-0.05, 0) is 12.1 Å². The number of halogens is 1. The van der Waals surface area contributed by atoms with Gasteiger partial charge in [0.1, 0.15) is 17.3 Å². The molecular formula is C11H8FN5O. The van der Waals surface area contributed by atoms with Gasteiger partial charge in [-0.15, -0.1) is 0 Å². The third-order valence-corrected chi connectivity index (χ3v) is 2.13. The first-order chi connectivity index (χ1) is 8.60. The summed E-state index contributed by atoms with van der Waals surface area (Å²) in [6.07, 6.45) is 1.47. The van der Waals surface area contributed by atoms with E-state index in [1.807, 2.05) is 6.07 Å². The second-order valence-corrected chi connectivity index (χ2v) is 3.48. The van der Waals surface area contributed by atoms with Crippen molar-refractivity contribution in [1.29, 1.82) is 5.26 Å². The van der Waals surface area contributed by atoms with Gasteiger partial charge in [-0.25, -0.2) is 4.98 Å². The molecule has 2 rings (SSSR count). The largest absolute Gasteiger partial charge is 0.303 e. The number of hydrogen-bond donors (Lipinski definition) is 1. The molecule has 7 heteroatoms. The van der Waals surface area contributed by atoms with E-state index in [1.165, 1.54) is 23.0 Å². The maximum Gasteiger partial charge on any atom is 0.275 e. The molecule has 0 aliphatic carbocycles. The zero-order valence-corrected chi connectivity index (χ0v) is 9.38. The molecule has 0 aliphatic heterocycles. The van der Waals surface area contributed by atoms with Gasteiger partial charge in [-0.2, -0.15) is 14.8 Å². The molecule has 2 aromatic rings. The van der Waals surface area contributed by atoms with Crippen LogP contribution in [0, 0.1) is 17.3 Å². The average molecular weight is 245 g/mol. The Balaban J connectivity index is 2.24. The van der Waals surface area contributed by atoms with E-state index >= 15 is 0 Å². The highest BCUT2D eigenvalue weighted by molar-refractivity contribution is 6.02. The molecule has 0 unspecified atom stereocenters. The lowest BCUT2D eigenvalue weighted by Crippen LogP contribution is -2.15. The number of hydrogen-bond acceptors (Lipinski definition) is 4. The zero-order chi connectivity index (χ0) is 13.1. The molecule has 0 saturated carbocycles. The number of pyridine rings is 1. The van der Waals surface area contributed by atoms with Crippen molar-refractivity contribution in [3.05, 3.63) is 41.6 Å². The van der Waals surface area contributed by atoms with E-state index in [4.69, 9.17) is 5.26 Å². The van der Waals surface area contributed by atoms with Crippen LogP contribution < -0.4 is 5.32 Å². The molecule has 0 saturated heterocycles. The van der Waals surface area contributed by atoms with Crippen LogP contribution in [-0.4, -0.2) is 20.7 Å². The molecule has 0 fully saturated rings. The van der Waals surface area contributed by atoms with Crippen LogP contribution in [0.1, 0.15) is 16.1 Å². The van der Waals surface area contributed by atoms with E-state index in [0.29, 0.717) is 0 Å². The number of aryl methyl sites for hydroxylation is 1. The molecule has 18 heavy (non-hydrogen) atoms. The van der Waals surface area contributed by atoms with Crippen molar-refractivity contribution in [2.24, 2.45) is 7.05 Å². The van der Waals surface area contributed by atoms with E-state index < -0.39 is 11.9 Å². The van der Waals surface area contributed by atoms with E-state index in [9.17, 15) is 9.18 Å². The molecule has 90 valence electrons. The van der Waals surface area contributed by atoms with Crippen molar-refractivity contribution in [3.63, 3.8) is 0 Å². The van der Waals surface area contributed by atoms with Gasteiger partial charge in [-0.3, -0.25) is 9.48 Å². The third kappa shape index (κ3) is 2.32. The summed E-state index contributed by atoms with van der Waals surface area (Å²) in [5.74, 6) is -1.25. The van der Waals surface area contributed by atoms with Gasteiger partial charge in [-0.1, -0.05) is 6.07 Å². The highest BCUT2D eigenvalue weighted by Crippen LogP contribution is 2.12. The number of carbonyl (C=O) groups is 1. The fourth-order valence-electron chi connectivity index (χ4n) is 1.37. The standard InChI is InChI=1S/C11H8FN5O/c1-17-6-7(5-13)10(16-17)15-11(18)8-3-2-4-9(12)14-8/h2-4,6H,1H3,(H,15,16,18). The number of nitrogens with one attached hydrogen (secondary N) is 1. The van der Waals surface area contributed by atoms with Crippen LogP contribution in [0.5, 0.6) is 0 Å². The maximum atomic E-state index is 12.9. The first-order valence-corrected chi connectivity index (χ1v) is 4.98. The topological polar surface area (TPSA) is 83.6 Å². The molecule has 0 aliphatic rings. The highest BCUT2D eigenvalue weighted by Gasteiger charge is 2.13. The fraction of sp³-hybridized carbons (Fsp3) is 0.0909. The minimum Gasteiger partial charge on any atom is -0.303 e. The maximum absolute atomic E-state index is 12.9. The number of carbonyl (C=O) groups excluding carboxylic acids is 1. The Kier molecular flexibility index (Phi) is 3.02. The number of aromatic nitrogens is 3. The van der Waals surface area contributed by atoms with Gasteiger partial charge >= 0.3 is 0 Å². The molecule has 6 nitrogen and oxygen atoms in total. The Bertz CT molecular complexity index is 643. The molecule has 1 amide bonds. The number of nitrogens with zero attached hydrogens (tertiary/aromatic N) is 4. The van der Waals surface area contributed by atoms with E-state index in [0.717, 1.165) is 6.07 Å². The summed E-state index contributed by atoms with van der Waals surface area (Å²) in [5, 5.41) is 15.1. The Labute approximate surface area is 102 Å². The normalized spacial score (nSPS) is 9.83. The summed E-state index contributed by atoms with van der Waals surface area (Å²) in [6.45, 7) is 0. The van der Waals surface area contributed by atoms with Crippen LogP contribution in [0.4, 0.5) is 10.2 Å². The van der Waals surface area contributed by atoms with E-state index in [-0.39, 0.29) is 17.1 Å². The lowest BCUT2D eigenvalue weighted by molar-refractivity contribution is 0.102. The minimum atomic E-state index is -0.746. The van der Waals surface area contributed by atoms with E-state index in [2.05, 4.69) is 15.4 Å². The summed E-state index contributed by atoms with van der Waals surface area (Å²) in [4.78, 5) is 15.2. The molecule has 2 heterocycles. The van der Waals surface area contributed by atoms with Crippen LogP contribution >= 0.6 is 0 Å². The molecule has 0 atom stereocenters. The second-order valence-electron chi connectivity index (χ2n) is 3.48. The van der Waals surface area contributed by atoms with Gasteiger partial charge in [0, 0.05) is 13.2 Å². The summed E-state index contributed by atoms with van der Waals surface area (Å²) in [5.41, 5.74) is 0.145. The van der Waals surface area contributed by atoms with Crippen LogP contribution in [0.3, 0.4) is 0 Å². The predicted molar refractivity (Wildman–Crippen MR) is 60.1 cm³/mol. The smallest absolute Gasteiger partial charge is 0.275 e. The summed E-state index contributed by atoms with van der Waals surface area (Å²) < 4.78 is 14.2. The Morgan fingerprint density at radius 2 is 2.33 bits per heavy atom. The minimum absolute atomic E-state index is 0.0791. The molecular weight excluding hydrogens is 237 g/mol. The summed E-state index contributed by atoms with van der Waals surface area (Å²) in [7, 11) is 1.62. The summed E-state index contributed by atoms with van der Waals surface area (Å²) >= 11 is 0. The number of anilines is 1. The quantitative estimate of drug-likeness (QED) is 0.802. The second kappa shape index (κ2) is 4.63. The molecule has 1 N–H and O–H groups in total. The number of amides is 1. The first-order valence-electron chi connectivity index (χ1n) is 4.98. The molecule has 0 bridgehead atoms. The monoisotopic (exact) mass is 245 g/mol. The van der Waals surface area contributed by atoms with Crippen molar-refractivity contribution >= 4 is 11.7 Å². The zero-order valence-electron chi connectivity index (χ0n) is 9.38.